The van der Waals surface area contributed by atoms with Crippen molar-refractivity contribution in [2.45, 2.75) is 26.3 Å². The SMILES string of the molecule is CC(C)(C)NC(=O)NC(=O)COC(=O)c1ccc(NC(=O)c2ccco2)cc1. The first-order valence-electron chi connectivity index (χ1n) is 8.38. The molecule has 1 aromatic heterocycles. The van der Waals surface area contributed by atoms with Crippen LogP contribution in [0.15, 0.2) is 47.1 Å². The molecule has 28 heavy (non-hydrogen) atoms. The Bertz CT molecular complexity index is 851. The molecule has 0 aliphatic rings. The van der Waals surface area contributed by atoms with Gasteiger partial charge in [-0.2, -0.15) is 0 Å². The predicted molar refractivity (Wildman–Crippen MR) is 99.8 cm³/mol. The predicted octanol–water partition coefficient (Wildman–Crippen LogP) is 2.31. The highest BCUT2D eigenvalue weighted by molar-refractivity contribution is 6.02. The molecule has 9 heteroatoms. The molecule has 0 saturated carbocycles. The molecule has 4 amide bonds. The van der Waals surface area contributed by atoms with Crippen molar-refractivity contribution in [3.05, 3.63) is 54.0 Å². The molecule has 0 saturated heterocycles. The number of rotatable bonds is 5. The lowest BCUT2D eigenvalue weighted by atomic mass is 10.1. The van der Waals surface area contributed by atoms with Crippen LogP contribution in [0, 0.1) is 0 Å². The lowest BCUT2D eigenvalue weighted by molar-refractivity contribution is -0.123. The van der Waals surface area contributed by atoms with E-state index in [0.29, 0.717) is 5.69 Å². The van der Waals surface area contributed by atoms with Gasteiger partial charge in [0.25, 0.3) is 11.8 Å². The Morgan fingerprint density at radius 1 is 1.04 bits per heavy atom. The summed E-state index contributed by atoms with van der Waals surface area (Å²) in [5.41, 5.74) is 0.132. The van der Waals surface area contributed by atoms with Crippen LogP contribution in [0.4, 0.5) is 10.5 Å². The zero-order valence-electron chi connectivity index (χ0n) is 15.7. The number of anilines is 1. The van der Waals surface area contributed by atoms with Crippen LogP contribution in [-0.2, 0) is 9.53 Å². The number of benzene rings is 1. The summed E-state index contributed by atoms with van der Waals surface area (Å²) < 4.78 is 9.85. The van der Waals surface area contributed by atoms with Crippen molar-refractivity contribution in [2.75, 3.05) is 11.9 Å². The zero-order chi connectivity index (χ0) is 20.7. The minimum absolute atomic E-state index is 0.157. The number of furan rings is 1. The monoisotopic (exact) mass is 387 g/mol. The van der Waals surface area contributed by atoms with Gasteiger partial charge in [0.05, 0.1) is 11.8 Å². The number of amides is 4. The van der Waals surface area contributed by atoms with Crippen LogP contribution < -0.4 is 16.0 Å². The van der Waals surface area contributed by atoms with Gasteiger partial charge >= 0.3 is 12.0 Å². The molecular weight excluding hydrogens is 366 g/mol. The van der Waals surface area contributed by atoms with Gasteiger partial charge in [-0.15, -0.1) is 0 Å². The maximum Gasteiger partial charge on any atom is 0.338 e. The van der Waals surface area contributed by atoms with Crippen molar-refractivity contribution in [2.24, 2.45) is 0 Å². The van der Waals surface area contributed by atoms with E-state index in [1.165, 1.54) is 36.6 Å². The van der Waals surface area contributed by atoms with Gasteiger partial charge in [-0.1, -0.05) is 0 Å². The highest BCUT2D eigenvalue weighted by Gasteiger charge is 2.17. The van der Waals surface area contributed by atoms with Gasteiger partial charge in [-0.25, -0.2) is 9.59 Å². The highest BCUT2D eigenvalue weighted by Crippen LogP contribution is 2.12. The normalized spacial score (nSPS) is 10.7. The Labute approximate surface area is 161 Å². The van der Waals surface area contributed by atoms with Crippen LogP contribution >= 0.6 is 0 Å². The number of carbonyl (C=O) groups is 4. The lowest BCUT2D eigenvalue weighted by Crippen LogP contribution is -2.49. The molecule has 0 aliphatic heterocycles. The van der Waals surface area contributed by atoms with Crippen LogP contribution in [0.1, 0.15) is 41.7 Å². The molecule has 1 aromatic carbocycles. The molecule has 0 unspecified atom stereocenters. The standard InChI is InChI=1S/C19H21N3O6/c1-19(2,3)22-18(26)21-15(23)11-28-17(25)12-6-8-13(9-7-12)20-16(24)14-5-4-10-27-14/h4-10H,11H2,1-3H3,(H,20,24)(H2,21,22,23,26). The van der Waals surface area contributed by atoms with Crippen LogP contribution in [0.5, 0.6) is 0 Å². The molecule has 2 rings (SSSR count). The first kappa shape index (κ1) is 20.7. The van der Waals surface area contributed by atoms with Crippen molar-refractivity contribution >= 4 is 29.5 Å². The molecule has 0 atom stereocenters. The van der Waals surface area contributed by atoms with Crippen LogP contribution in [0.2, 0.25) is 0 Å². The summed E-state index contributed by atoms with van der Waals surface area (Å²) in [5.74, 6) is -1.76. The number of ether oxygens (including phenoxy) is 1. The fourth-order valence-corrected chi connectivity index (χ4v) is 2.04. The number of nitrogens with one attached hydrogen (secondary N) is 3. The first-order chi connectivity index (χ1) is 13.1. The number of hydrogen-bond donors (Lipinski definition) is 3. The molecule has 3 N–H and O–H groups in total. The second-order valence-electron chi connectivity index (χ2n) is 6.84. The maximum absolute atomic E-state index is 12.0. The number of imide groups is 1. The first-order valence-corrected chi connectivity index (χ1v) is 8.38. The largest absolute Gasteiger partial charge is 0.459 e. The van der Waals surface area contributed by atoms with Crippen LogP contribution in [0.25, 0.3) is 0 Å². The summed E-state index contributed by atoms with van der Waals surface area (Å²) in [6, 6.07) is 8.33. The Morgan fingerprint density at radius 3 is 2.29 bits per heavy atom. The molecule has 0 spiro atoms. The van der Waals surface area contributed by atoms with Crippen molar-refractivity contribution in [1.29, 1.82) is 0 Å². The van der Waals surface area contributed by atoms with Gasteiger partial charge in [-0.05, 0) is 57.2 Å². The van der Waals surface area contributed by atoms with Gasteiger partial charge in [-0.3, -0.25) is 14.9 Å². The van der Waals surface area contributed by atoms with Crippen molar-refractivity contribution < 1.29 is 28.3 Å². The molecule has 1 heterocycles. The minimum Gasteiger partial charge on any atom is -0.459 e. The Hall–Kier alpha value is -3.62. The molecule has 0 aliphatic carbocycles. The molecule has 0 radical (unpaired) electrons. The van der Waals surface area contributed by atoms with E-state index in [2.05, 4.69) is 16.0 Å². The number of urea groups is 1. The van der Waals surface area contributed by atoms with Gasteiger partial charge in [0.15, 0.2) is 12.4 Å². The van der Waals surface area contributed by atoms with Crippen molar-refractivity contribution in [3.63, 3.8) is 0 Å². The van der Waals surface area contributed by atoms with E-state index in [4.69, 9.17) is 9.15 Å². The minimum atomic E-state index is -0.752. The molecule has 9 nitrogen and oxygen atoms in total. The van der Waals surface area contributed by atoms with E-state index in [0.717, 1.165) is 0 Å². The molecular formula is C19H21N3O6. The molecule has 0 fully saturated rings. The Morgan fingerprint density at radius 2 is 1.71 bits per heavy atom. The van der Waals surface area contributed by atoms with Crippen LogP contribution in [0.3, 0.4) is 0 Å². The topological polar surface area (TPSA) is 127 Å². The third kappa shape index (κ3) is 6.60. The summed E-state index contributed by atoms with van der Waals surface area (Å²) >= 11 is 0. The van der Waals surface area contributed by atoms with Gasteiger partial charge in [0.1, 0.15) is 0 Å². The molecule has 148 valence electrons. The van der Waals surface area contributed by atoms with Crippen molar-refractivity contribution in [1.82, 2.24) is 10.6 Å². The number of carbonyl (C=O) groups excluding carboxylic acids is 4. The summed E-state index contributed by atoms with van der Waals surface area (Å²) in [6.07, 6.45) is 1.39. The second kappa shape index (κ2) is 8.85. The molecule has 0 bridgehead atoms. The number of esters is 1. The fraction of sp³-hybridized carbons (Fsp3) is 0.263. The van der Waals surface area contributed by atoms with E-state index in [1.54, 1.807) is 26.8 Å². The zero-order valence-corrected chi connectivity index (χ0v) is 15.7. The third-order valence-electron chi connectivity index (χ3n) is 3.20. The summed E-state index contributed by atoms with van der Waals surface area (Å²) in [4.78, 5) is 47.1. The summed E-state index contributed by atoms with van der Waals surface area (Å²) in [7, 11) is 0. The smallest absolute Gasteiger partial charge is 0.338 e. The van der Waals surface area contributed by atoms with E-state index < -0.39 is 36.0 Å². The van der Waals surface area contributed by atoms with E-state index in [-0.39, 0.29) is 11.3 Å². The molecule has 2 aromatic rings. The number of hydrogen-bond acceptors (Lipinski definition) is 6. The Balaban J connectivity index is 1.81. The van der Waals surface area contributed by atoms with Crippen LogP contribution in [-0.4, -0.2) is 36.0 Å². The summed E-state index contributed by atoms with van der Waals surface area (Å²) in [6.45, 7) is 4.68. The average molecular weight is 387 g/mol. The van der Waals surface area contributed by atoms with Gasteiger partial charge < -0.3 is 19.8 Å². The Kier molecular flexibility index (Phi) is 6.54. The maximum atomic E-state index is 12.0. The van der Waals surface area contributed by atoms with Gasteiger partial charge in [0, 0.05) is 11.2 Å². The van der Waals surface area contributed by atoms with E-state index in [9.17, 15) is 19.2 Å². The highest BCUT2D eigenvalue weighted by atomic mass is 16.5. The van der Waals surface area contributed by atoms with Gasteiger partial charge in [0.2, 0.25) is 0 Å². The third-order valence-corrected chi connectivity index (χ3v) is 3.20. The fourth-order valence-electron chi connectivity index (χ4n) is 2.04. The van der Waals surface area contributed by atoms with Crippen molar-refractivity contribution in [3.8, 4) is 0 Å². The quantitative estimate of drug-likeness (QED) is 0.676. The average Bonchev–Trinajstić information content (AvgIpc) is 3.13. The lowest BCUT2D eigenvalue weighted by Gasteiger charge is -2.20. The second-order valence-corrected chi connectivity index (χ2v) is 6.84. The van der Waals surface area contributed by atoms with E-state index in [1.807, 2.05) is 0 Å². The summed E-state index contributed by atoms with van der Waals surface area (Å²) in [5, 5.41) is 7.22. The van der Waals surface area contributed by atoms with E-state index >= 15 is 0 Å².